The fourth-order valence-corrected chi connectivity index (χ4v) is 3.25. The van der Waals surface area contributed by atoms with E-state index in [-0.39, 0.29) is 10.6 Å². The first-order valence-corrected chi connectivity index (χ1v) is 8.22. The Bertz CT molecular complexity index is 762. The van der Waals surface area contributed by atoms with Crippen molar-refractivity contribution in [3.8, 4) is 5.75 Å². The topological polar surface area (TPSA) is 66.4 Å². The van der Waals surface area contributed by atoms with Crippen LogP contribution < -0.4 is 4.72 Å². The van der Waals surface area contributed by atoms with E-state index >= 15 is 0 Å². The van der Waals surface area contributed by atoms with Crippen LogP contribution in [0.5, 0.6) is 5.75 Å². The number of nitrogens with one attached hydrogen (secondary N) is 1. The molecule has 2 N–H and O–H groups in total. The standard InChI is InChI=1S/C13H11BrClNO3S/c1-8-2-3-9(6-13(8)17)16-20(18,19)10-4-5-12(15)11(14)7-10/h2-7,16-17H,1H3. The van der Waals surface area contributed by atoms with E-state index in [0.717, 1.165) is 0 Å². The fraction of sp³-hybridized carbons (Fsp3) is 0.0769. The summed E-state index contributed by atoms with van der Waals surface area (Å²) in [5.74, 6) is 0.0301. The van der Waals surface area contributed by atoms with Crippen LogP contribution in [0.25, 0.3) is 0 Å². The Hall–Kier alpha value is -1.24. The number of sulfonamides is 1. The minimum Gasteiger partial charge on any atom is -0.508 e. The van der Waals surface area contributed by atoms with Crippen molar-refractivity contribution in [2.75, 3.05) is 4.72 Å². The lowest BCUT2D eigenvalue weighted by atomic mass is 10.2. The van der Waals surface area contributed by atoms with Gasteiger partial charge in [0.1, 0.15) is 5.75 Å². The Balaban J connectivity index is 2.35. The van der Waals surface area contributed by atoms with Gasteiger partial charge < -0.3 is 5.11 Å². The predicted octanol–water partition coefficient (Wildman–Crippen LogP) is 3.92. The molecule has 0 aromatic heterocycles. The maximum atomic E-state index is 12.2. The maximum Gasteiger partial charge on any atom is 0.261 e. The molecule has 0 radical (unpaired) electrons. The molecule has 2 aromatic rings. The van der Waals surface area contributed by atoms with Gasteiger partial charge in [-0.15, -0.1) is 0 Å². The van der Waals surface area contributed by atoms with Gasteiger partial charge in [0, 0.05) is 10.5 Å². The molecule has 2 rings (SSSR count). The first kappa shape index (κ1) is 15.2. The van der Waals surface area contributed by atoms with Gasteiger partial charge in [-0.2, -0.15) is 0 Å². The predicted molar refractivity (Wildman–Crippen MR) is 82.8 cm³/mol. The van der Waals surface area contributed by atoms with Gasteiger partial charge in [0.25, 0.3) is 10.0 Å². The average Bonchev–Trinajstić information content (AvgIpc) is 2.37. The van der Waals surface area contributed by atoms with Gasteiger partial charge in [0.15, 0.2) is 0 Å². The Morgan fingerprint density at radius 1 is 1.20 bits per heavy atom. The normalized spacial score (nSPS) is 11.3. The molecule has 20 heavy (non-hydrogen) atoms. The number of rotatable bonds is 3. The average molecular weight is 377 g/mol. The molecule has 0 heterocycles. The van der Waals surface area contributed by atoms with Crippen LogP contribution in [-0.2, 0) is 10.0 Å². The zero-order valence-corrected chi connectivity index (χ0v) is 13.6. The van der Waals surface area contributed by atoms with E-state index in [1.165, 1.54) is 24.3 Å². The number of hydrogen-bond donors (Lipinski definition) is 2. The molecule has 0 spiro atoms. The third-order valence-corrected chi connectivity index (χ3v) is 5.26. The highest BCUT2D eigenvalue weighted by Gasteiger charge is 2.16. The summed E-state index contributed by atoms with van der Waals surface area (Å²) in [5, 5.41) is 10.0. The highest BCUT2D eigenvalue weighted by molar-refractivity contribution is 9.10. The third-order valence-electron chi connectivity index (χ3n) is 2.66. The molecule has 0 bridgehead atoms. The minimum absolute atomic E-state index is 0.0301. The van der Waals surface area contributed by atoms with Crippen LogP contribution in [0.3, 0.4) is 0 Å². The van der Waals surface area contributed by atoms with Crippen molar-refractivity contribution in [3.63, 3.8) is 0 Å². The number of benzene rings is 2. The number of aryl methyl sites for hydroxylation is 1. The quantitative estimate of drug-likeness (QED) is 0.853. The summed E-state index contributed by atoms with van der Waals surface area (Å²) in [6, 6.07) is 8.88. The molecule has 0 saturated carbocycles. The van der Waals surface area contributed by atoms with Gasteiger partial charge in [0.05, 0.1) is 15.6 Å². The van der Waals surface area contributed by atoms with E-state index in [4.69, 9.17) is 11.6 Å². The van der Waals surface area contributed by atoms with Gasteiger partial charge in [-0.05, 0) is 52.7 Å². The van der Waals surface area contributed by atoms with Crippen LogP contribution in [0.2, 0.25) is 5.02 Å². The van der Waals surface area contributed by atoms with Crippen molar-refractivity contribution in [2.45, 2.75) is 11.8 Å². The first-order valence-electron chi connectivity index (χ1n) is 5.57. The van der Waals surface area contributed by atoms with Crippen molar-refractivity contribution in [2.24, 2.45) is 0 Å². The van der Waals surface area contributed by atoms with Crippen molar-refractivity contribution < 1.29 is 13.5 Å². The van der Waals surface area contributed by atoms with Crippen LogP contribution in [0.1, 0.15) is 5.56 Å². The van der Waals surface area contributed by atoms with Crippen LogP contribution in [-0.4, -0.2) is 13.5 Å². The van der Waals surface area contributed by atoms with Gasteiger partial charge in [-0.1, -0.05) is 17.7 Å². The molecule has 0 unspecified atom stereocenters. The van der Waals surface area contributed by atoms with E-state index in [2.05, 4.69) is 20.7 Å². The second-order valence-electron chi connectivity index (χ2n) is 4.18. The summed E-state index contributed by atoms with van der Waals surface area (Å²) in [7, 11) is -3.73. The molecular formula is C13H11BrClNO3S. The Kier molecular flexibility index (Phi) is 4.27. The zero-order chi connectivity index (χ0) is 14.9. The molecule has 0 fully saturated rings. The molecule has 0 atom stereocenters. The van der Waals surface area contributed by atoms with E-state index in [1.807, 2.05) is 0 Å². The van der Waals surface area contributed by atoms with Crippen LogP contribution >= 0.6 is 27.5 Å². The van der Waals surface area contributed by atoms with Crippen molar-refractivity contribution >= 4 is 43.2 Å². The van der Waals surface area contributed by atoms with Crippen molar-refractivity contribution in [1.29, 1.82) is 0 Å². The van der Waals surface area contributed by atoms with E-state index < -0.39 is 10.0 Å². The lowest BCUT2D eigenvalue weighted by Gasteiger charge is -2.10. The first-order chi connectivity index (χ1) is 9.29. The van der Waals surface area contributed by atoms with E-state index in [0.29, 0.717) is 20.7 Å². The van der Waals surface area contributed by atoms with Crippen LogP contribution in [0.15, 0.2) is 45.8 Å². The molecule has 106 valence electrons. The summed E-state index contributed by atoms with van der Waals surface area (Å²) in [4.78, 5) is 0.0776. The second kappa shape index (κ2) is 5.63. The number of anilines is 1. The molecule has 0 aliphatic heterocycles. The van der Waals surface area contributed by atoms with Crippen molar-refractivity contribution in [1.82, 2.24) is 0 Å². The molecule has 0 aliphatic rings. The molecule has 2 aromatic carbocycles. The Morgan fingerprint density at radius 2 is 1.90 bits per heavy atom. The summed E-state index contributed by atoms with van der Waals surface area (Å²) in [5.41, 5.74) is 0.960. The monoisotopic (exact) mass is 375 g/mol. The van der Waals surface area contributed by atoms with Gasteiger partial charge in [-0.25, -0.2) is 8.42 Å². The molecule has 0 saturated heterocycles. The third kappa shape index (κ3) is 3.26. The molecule has 4 nitrogen and oxygen atoms in total. The SMILES string of the molecule is Cc1ccc(NS(=O)(=O)c2ccc(Cl)c(Br)c2)cc1O. The number of halogens is 2. The number of phenols is 1. The smallest absolute Gasteiger partial charge is 0.261 e. The number of hydrogen-bond acceptors (Lipinski definition) is 3. The van der Waals surface area contributed by atoms with Crippen LogP contribution in [0, 0.1) is 6.92 Å². The van der Waals surface area contributed by atoms with Gasteiger partial charge >= 0.3 is 0 Å². The lowest BCUT2D eigenvalue weighted by Crippen LogP contribution is -2.12. The largest absolute Gasteiger partial charge is 0.508 e. The summed E-state index contributed by atoms with van der Waals surface area (Å²) >= 11 is 9.01. The summed E-state index contributed by atoms with van der Waals surface area (Å²) in [6.45, 7) is 1.73. The highest BCUT2D eigenvalue weighted by Crippen LogP contribution is 2.27. The lowest BCUT2D eigenvalue weighted by molar-refractivity contribution is 0.471. The van der Waals surface area contributed by atoms with Gasteiger partial charge in [0.2, 0.25) is 0 Å². The van der Waals surface area contributed by atoms with Crippen molar-refractivity contribution in [3.05, 3.63) is 51.5 Å². The highest BCUT2D eigenvalue weighted by atomic mass is 79.9. The van der Waals surface area contributed by atoms with Crippen LogP contribution in [0.4, 0.5) is 5.69 Å². The number of aromatic hydroxyl groups is 1. The summed E-state index contributed by atoms with van der Waals surface area (Å²) < 4.78 is 27.3. The zero-order valence-electron chi connectivity index (χ0n) is 10.4. The fourth-order valence-electron chi connectivity index (χ4n) is 1.53. The second-order valence-corrected chi connectivity index (χ2v) is 7.13. The molecular weight excluding hydrogens is 366 g/mol. The minimum atomic E-state index is -3.73. The Labute approximate surface area is 130 Å². The van der Waals surface area contributed by atoms with E-state index in [1.54, 1.807) is 19.1 Å². The molecule has 0 amide bonds. The van der Waals surface area contributed by atoms with E-state index in [9.17, 15) is 13.5 Å². The Morgan fingerprint density at radius 3 is 2.50 bits per heavy atom. The maximum absolute atomic E-state index is 12.2. The molecule has 0 aliphatic carbocycles. The van der Waals surface area contributed by atoms with Gasteiger partial charge in [-0.3, -0.25) is 4.72 Å². The summed E-state index contributed by atoms with van der Waals surface area (Å²) in [6.07, 6.45) is 0. The number of phenolic OH excluding ortho intramolecular Hbond substituents is 1. The molecule has 7 heteroatoms.